The summed E-state index contributed by atoms with van der Waals surface area (Å²) in [5.74, 6) is -1.18. The Morgan fingerprint density at radius 1 is 1.42 bits per heavy atom. The Morgan fingerprint density at radius 2 is 2.00 bits per heavy atom. The lowest BCUT2D eigenvalue weighted by atomic mass is 9.88. The average molecular weight is 305 g/mol. The molecule has 0 aliphatic heterocycles. The van der Waals surface area contributed by atoms with Crippen molar-refractivity contribution >= 4 is 27.3 Å². The van der Waals surface area contributed by atoms with Crippen molar-refractivity contribution in [1.82, 2.24) is 4.72 Å². The number of sulfonamides is 1. The van der Waals surface area contributed by atoms with Crippen molar-refractivity contribution in [1.29, 1.82) is 0 Å². The van der Waals surface area contributed by atoms with Gasteiger partial charge in [-0.15, -0.1) is 11.3 Å². The molecule has 0 saturated heterocycles. The monoisotopic (exact) mass is 305 g/mol. The maximum absolute atomic E-state index is 12.2. The molecule has 0 aliphatic carbocycles. The summed E-state index contributed by atoms with van der Waals surface area (Å²) in [6, 6.07) is 2.09. The van der Waals surface area contributed by atoms with E-state index in [0.29, 0.717) is 0 Å². The molecule has 0 bridgehead atoms. The second-order valence-corrected chi connectivity index (χ2v) is 8.44. The molecule has 1 aromatic rings. The minimum Gasteiger partial charge on any atom is -0.480 e. The van der Waals surface area contributed by atoms with Gasteiger partial charge in [-0.2, -0.15) is 4.72 Å². The van der Waals surface area contributed by atoms with Crippen molar-refractivity contribution < 1.29 is 18.3 Å². The third-order valence-electron chi connectivity index (χ3n) is 2.64. The van der Waals surface area contributed by atoms with Crippen LogP contribution in [0.15, 0.2) is 16.3 Å². The first kappa shape index (κ1) is 16.1. The molecule has 7 heteroatoms. The number of hydrogen-bond donors (Lipinski definition) is 2. The van der Waals surface area contributed by atoms with Crippen LogP contribution in [0.25, 0.3) is 0 Å². The summed E-state index contributed by atoms with van der Waals surface area (Å²) < 4.78 is 26.7. The van der Waals surface area contributed by atoms with Gasteiger partial charge in [0.2, 0.25) is 0 Å². The summed E-state index contributed by atoms with van der Waals surface area (Å²) in [5.41, 5.74) is -0.705. The Labute approximate surface area is 117 Å². The highest BCUT2D eigenvalue weighted by Gasteiger charge is 2.35. The molecule has 1 rings (SSSR count). The van der Waals surface area contributed by atoms with E-state index in [0.717, 1.165) is 22.6 Å². The predicted octanol–water partition coefficient (Wildman–Crippen LogP) is 2.09. The van der Waals surface area contributed by atoms with Gasteiger partial charge in [0.25, 0.3) is 10.0 Å². The summed E-state index contributed by atoms with van der Waals surface area (Å²) in [7, 11) is -3.79. The van der Waals surface area contributed by atoms with E-state index in [2.05, 4.69) is 4.72 Å². The smallest absolute Gasteiger partial charge is 0.322 e. The Kier molecular flexibility index (Phi) is 4.76. The van der Waals surface area contributed by atoms with E-state index in [1.54, 1.807) is 26.8 Å². The first-order valence-electron chi connectivity index (χ1n) is 5.91. The molecule has 1 atom stereocenters. The largest absolute Gasteiger partial charge is 0.480 e. The fourth-order valence-electron chi connectivity index (χ4n) is 1.50. The lowest BCUT2D eigenvalue weighted by Gasteiger charge is -2.27. The van der Waals surface area contributed by atoms with Gasteiger partial charge >= 0.3 is 5.97 Å². The highest BCUT2D eigenvalue weighted by Crippen LogP contribution is 2.25. The Morgan fingerprint density at radius 3 is 2.37 bits per heavy atom. The van der Waals surface area contributed by atoms with Crippen LogP contribution in [0, 0.1) is 5.41 Å². The average Bonchev–Trinajstić information content (AvgIpc) is 2.73. The number of carbonyl (C=O) groups is 1. The number of hydrogen-bond acceptors (Lipinski definition) is 4. The highest BCUT2D eigenvalue weighted by atomic mass is 32.2. The molecule has 2 N–H and O–H groups in total. The zero-order valence-corrected chi connectivity index (χ0v) is 13.1. The zero-order chi connectivity index (χ0) is 14.8. The van der Waals surface area contributed by atoms with E-state index in [1.807, 2.05) is 6.92 Å². The van der Waals surface area contributed by atoms with Crippen molar-refractivity contribution in [3.63, 3.8) is 0 Å². The van der Waals surface area contributed by atoms with E-state index in [-0.39, 0.29) is 4.21 Å². The molecular formula is C12H19NO4S2. The molecule has 5 nitrogen and oxygen atoms in total. The van der Waals surface area contributed by atoms with Crippen molar-refractivity contribution in [2.45, 2.75) is 44.4 Å². The number of thiophene rings is 1. The van der Waals surface area contributed by atoms with Gasteiger partial charge in [0.1, 0.15) is 10.3 Å². The van der Waals surface area contributed by atoms with E-state index >= 15 is 0 Å². The molecule has 1 heterocycles. The van der Waals surface area contributed by atoms with Crippen LogP contribution >= 0.6 is 11.3 Å². The van der Waals surface area contributed by atoms with Gasteiger partial charge in [-0.05, 0) is 24.0 Å². The van der Waals surface area contributed by atoms with Gasteiger partial charge in [0.05, 0.1) is 0 Å². The van der Waals surface area contributed by atoms with E-state index < -0.39 is 27.4 Å². The van der Waals surface area contributed by atoms with Gasteiger partial charge < -0.3 is 5.11 Å². The van der Waals surface area contributed by atoms with Gasteiger partial charge in [-0.3, -0.25) is 4.79 Å². The predicted molar refractivity (Wildman–Crippen MR) is 74.9 cm³/mol. The number of carboxylic acid groups (broad SMARTS) is 1. The fourth-order valence-corrected chi connectivity index (χ4v) is 4.21. The van der Waals surface area contributed by atoms with Crippen molar-refractivity contribution in [3.8, 4) is 0 Å². The number of nitrogens with one attached hydrogen (secondary N) is 1. The second-order valence-electron chi connectivity index (χ2n) is 5.33. The fraction of sp³-hybridized carbons (Fsp3) is 0.583. The molecule has 1 aromatic heterocycles. The normalized spacial score (nSPS) is 14.3. The number of carboxylic acids is 1. The van der Waals surface area contributed by atoms with Gasteiger partial charge in [-0.25, -0.2) is 8.42 Å². The lowest BCUT2D eigenvalue weighted by molar-refractivity contribution is -0.141. The molecule has 0 amide bonds. The van der Waals surface area contributed by atoms with Crippen molar-refractivity contribution in [3.05, 3.63) is 17.0 Å². The summed E-state index contributed by atoms with van der Waals surface area (Å²) >= 11 is 1.16. The molecule has 0 saturated carbocycles. The summed E-state index contributed by atoms with van der Waals surface area (Å²) in [6.45, 7) is 6.98. The van der Waals surface area contributed by atoms with Gasteiger partial charge in [0, 0.05) is 4.88 Å². The molecule has 108 valence electrons. The van der Waals surface area contributed by atoms with Crippen LogP contribution in [0.2, 0.25) is 0 Å². The molecule has 0 fully saturated rings. The van der Waals surface area contributed by atoms with Crippen LogP contribution in [0.5, 0.6) is 0 Å². The van der Waals surface area contributed by atoms with Crippen LogP contribution in [0.1, 0.15) is 32.6 Å². The van der Waals surface area contributed by atoms with Crippen molar-refractivity contribution in [2.75, 3.05) is 0 Å². The number of aryl methyl sites for hydroxylation is 1. The van der Waals surface area contributed by atoms with Crippen LogP contribution in [0.3, 0.4) is 0 Å². The zero-order valence-electron chi connectivity index (χ0n) is 11.4. The quantitative estimate of drug-likeness (QED) is 0.872. The molecule has 0 unspecified atom stereocenters. The first-order valence-corrected chi connectivity index (χ1v) is 8.21. The highest BCUT2D eigenvalue weighted by molar-refractivity contribution is 7.91. The van der Waals surface area contributed by atoms with Crippen LogP contribution in [-0.2, 0) is 21.2 Å². The topological polar surface area (TPSA) is 83.5 Å². The molecular weight excluding hydrogens is 286 g/mol. The van der Waals surface area contributed by atoms with Crippen molar-refractivity contribution in [2.24, 2.45) is 5.41 Å². The summed E-state index contributed by atoms with van der Waals surface area (Å²) in [6.07, 6.45) is 0.752. The Hall–Kier alpha value is -0.920. The second kappa shape index (κ2) is 5.60. The molecule has 19 heavy (non-hydrogen) atoms. The van der Waals surface area contributed by atoms with E-state index in [4.69, 9.17) is 5.11 Å². The molecule has 0 spiro atoms. The van der Waals surface area contributed by atoms with Crippen LogP contribution in [0.4, 0.5) is 0 Å². The summed E-state index contributed by atoms with van der Waals surface area (Å²) in [5, 5.41) is 9.15. The molecule has 0 aromatic carbocycles. The first-order chi connectivity index (χ1) is 8.58. The standard InChI is InChI=1S/C12H19NO4S2/c1-5-8-6-7-9(18-8)19(16,17)13-10(11(14)15)12(2,3)4/h6-7,10,13H,5H2,1-4H3,(H,14,15)/t10-/m1/s1. The number of aliphatic carboxylic acids is 1. The maximum Gasteiger partial charge on any atom is 0.322 e. The van der Waals surface area contributed by atoms with Crippen LogP contribution < -0.4 is 4.72 Å². The Bertz CT molecular complexity index is 555. The SMILES string of the molecule is CCc1ccc(S(=O)(=O)N[C@H](C(=O)O)C(C)(C)C)s1. The Balaban J connectivity index is 3.04. The third kappa shape index (κ3) is 4.02. The van der Waals surface area contributed by atoms with Gasteiger partial charge in [-0.1, -0.05) is 27.7 Å². The molecule has 0 radical (unpaired) electrons. The minimum atomic E-state index is -3.79. The van der Waals surface area contributed by atoms with Crippen LogP contribution in [-0.4, -0.2) is 25.5 Å². The molecule has 0 aliphatic rings. The van der Waals surface area contributed by atoms with E-state index in [9.17, 15) is 13.2 Å². The van der Waals surface area contributed by atoms with Gasteiger partial charge in [0.15, 0.2) is 0 Å². The van der Waals surface area contributed by atoms with E-state index in [1.165, 1.54) is 6.07 Å². The maximum atomic E-state index is 12.2. The third-order valence-corrected chi connectivity index (χ3v) is 5.78. The lowest BCUT2D eigenvalue weighted by Crippen LogP contribution is -2.48. The number of rotatable bonds is 5. The summed E-state index contributed by atoms with van der Waals surface area (Å²) in [4.78, 5) is 12.1. The minimum absolute atomic E-state index is 0.153.